The molecule has 27 heavy (non-hydrogen) atoms. The van der Waals surface area contributed by atoms with E-state index in [1.165, 1.54) is 14.0 Å². The first-order valence-electron chi connectivity index (χ1n) is 8.45. The van der Waals surface area contributed by atoms with Gasteiger partial charge >= 0.3 is 0 Å². The normalized spacial score (nSPS) is 45.5. The number of rotatable bonds is 6. The lowest BCUT2D eigenvalue weighted by atomic mass is 9.95. The summed E-state index contributed by atoms with van der Waals surface area (Å²) in [5, 5.41) is 61.9. The van der Waals surface area contributed by atoms with E-state index >= 15 is 0 Å². The lowest BCUT2D eigenvalue weighted by molar-refractivity contribution is -0.344. The van der Waals surface area contributed by atoms with Gasteiger partial charge in [-0.25, -0.2) is 0 Å². The summed E-state index contributed by atoms with van der Waals surface area (Å²) >= 11 is 0. The maximum atomic E-state index is 11.4. The maximum absolute atomic E-state index is 11.4. The number of carbonyl (C=O) groups excluding carboxylic acids is 1. The number of carbonyl (C=O) groups is 1. The number of methoxy groups -OCH3 is 1. The van der Waals surface area contributed by atoms with Crippen LogP contribution in [0, 0.1) is 0 Å². The maximum Gasteiger partial charge on any atom is 0.217 e. The zero-order valence-corrected chi connectivity index (χ0v) is 14.9. The van der Waals surface area contributed by atoms with Gasteiger partial charge in [0.25, 0.3) is 0 Å². The molecule has 0 unspecified atom stereocenters. The van der Waals surface area contributed by atoms with E-state index in [1.807, 2.05) is 0 Å². The van der Waals surface area contributed by atoms with Gasteiger partial charge in [-0.1, -0.05) is 0 Å². The first-order valence-corrected chi connectivity index (χ1v) is 8.45. The highest BCUT2D eigenvalue weighted by molar-refractivity contribution is 5.73. The van der Waals surface area contributed by atoms with E-state index in [-0.39, 0.29) is 0 Å². The van der Waals surface area contributed by atoms with Gasteiger partial charge in [-0.05, 0) is 0 Å². The zero-order chi connectivity index (χ0) is 20.3. The molecule has 10 atom stereocenters. The number of nitrogens with one attached hydrogen (secondary N) is 1. The molecule has 0 saturated carbocycles. The molecule has 12 heteroatoms. The van der Waals surface area contributed by atoms with Crippen molar-refractivity contribution in [3.05, 3.63) is 0 Å². The molecule has 12 nitrogen and oxygen atoms in total. The van der Waals surface area contributed by atoms with E-state index in [2.05, 4.69) is 5.32 Å². The van der Waals surface area contributed by atoms with Crippen LogP contribution in [0.4, 0.5) is 0 Å². The minimum absolute atomic E-state index is 0.554. The van der Waals surface area contributed by atoms with Crippen molar-refractivity contribution in [2.75, 3.05) is 20.3 Å². The minimum Gasteiger partial charge on any atom is -0.394 e. The van der Waals surface area contributed by atoms with E-state index in [1.54, 1.807) is 0 Å². The van der Waals surface area contributed by atoms with Gasteiger partial charge in [0.2, 0.25) is 5.91 Å². The topological polar surface area (TPSA) is 187 Å². The van der Waals surface area contributed by atoms with Gasteiger partial charge in [0.05, 0.1) is 13.2 Å². The summed E-state index contributed by atoms with van der Waals surface area (Å²) in [7, 11) is 1.25. The van der Waals surface area contributed by atoms with Crippen LogP contribution in [0.2, 0.25) is 0 Å². The molecular formula is C15H27NO11. The Bertz CT molecular complexity index is 478. The summed E-state index contributed by atoms with van der Waals surface area (Å²) in [5.74, 6) is -0.554. The first kappa shape index (κ1) is 22.4. The van der Waals surface area contributed by atoms with Gasteiger partial charge in [-0.3, -0.25) is 4.79 Å². The monoisotopic (exact) mass is 397 g/mol. The highest BCUT2D eigenvalue weighted by Gasteiger charge is 2.51. The minimum atomic E-state index is -1.55. The summed E-state index contributed by atoms with van der Waals surface area (Å²) in [4.78, 5) is 11.4. The Labute approximate surface area is 155 Å². The van der Waals surface area contributed by atoms with Gasteiger partial charge in [0.1, 0.15) is 48.8 Å². The highest BCUT2D eigenvalue weighted by atomic mass is 16.7. The number of hydrogen-bond acceptors (Lipinski definition) is 11. The summed E-state index contributed by atoms with van der Waals surface area (Å²) in [6.45, 7) is -0.0617. The van der Waals surface area contributed by atoms with Crippen LogP contribution in [0.25, 0.3) is 0 Å². The molecule has 0 aromatic rings. The van der Waals surface area contributed by atoms with Gasteiger partial charge in [0.15, 0.2) is 12.6 Å². The number of ether oxygens (including phenoxy) is 4. The van der Waals surface area contributed by atoms with Crippen LogP contribution in [-0.4, -0.2) is 118 Å². The summed E-state index contributed by atoms with van der Waals surface area (Å²) in [6.07, 6.45) is -12.4. The van der Waals surface area contributed by atoms with E-state index in [4.69, 9.17) is 18.9 Å². The van der Waals surface area contributed by atoms with Gasteiger partial charge < -0.3 is 54.9 Å². The average molecular weight is 397 g/mol. The molecule has 0 bridgehead atoms. The molecular weight excluding hydrogens is 370 g/mol. The molecule has 2 fully saturated rings. The molecule has 2 rings (SSSR count). The Morgan fingerprint density at radius 1 is 0.926 bits per heavy atom. The number of aliphatic hydroxyl groups excluding tert-OH is 6. The second kappa shape index (κ2) is 9.52. The van der Waals surface area contributed by atoms with Crippen molar-refractivity contribution in [2.45, 2.75) is 68.3 Å². The molecule has 158 valence electrons. The Balaban J connectivity index is 2.24. The van der Waals surface area contributed by atoms with E-state index in [0.29, 0.717) is 0 Å². The van der Waals surface area contributed by atoms with Crippen LogP contribution in [0.5, 0.6) is 0 Å². The highest BCUT2D eigenvalue weighted by Crippen LogP contribution is 2.29. The average Bonchev–Trinajstić information content (AvgIpc) is 2.64. The molecule has 2 aliphatic heterocycles. The molecule has 0 spiro atoms. The molecule has 2 aliphatic rings. The van der Waals surface area contributed by atoms with Crippen molar-refractivity contribution >= 4 is 5.91 Å². The SMILES string of the molecule is CO[C@@H]1O[C@H](CO)[C@H](O)[C@H](O[C@@H]2O[C@H](CO)[C@H](O)[C@H](O)[C@H]2NC(C)=O)[C@H]1O. The van der Waals surface area contributed by atoms with Crippen LogP contribution in [-0.2, 0) is 23.7 Å². The van der Waals surface area contributed by atoms with Crippen molar-refractivity contribution in [3.63, 3.8) is 0 Å². The molecule has 2 heterocycles. The molecule has 1 amide bonds. The third-order valence-electron chi connectivity index (χ3n) is 4.60. The molecule has 0 aromatic carbocycles. The summed E-state index contributed by atoms with van der Waals surface area (Å²) in [6, 6.07) is -1.25. The fourth-order valence-electron chi connectivity index (χ4n) is 3.15. The third kappa shape index (κ3) is 4.74. The summed E-state index contributed by atoms with van der Waals surface area (Å²) < 4.78 is 21.2. The first-order chi connectivity index (χ1) is 12.7. The fraction of sp³-hybridized carbons (Fsp3) is 0.933. The lowest BCUT2D eigenvalue weighted by Crippen LogP contribution is -2.67. The quantitative estimate of drug-likeness (QED) is 0.228. The second-order valence-electron chi connectivity index (χ2n) is 6.48. The Morgan fingerprint density at radius 3 is 2.00 bits per heavy atom. The Hall–Kier alpha value is -0.930. The fourth-order valence-corrected chi connectivity index (χ4v) is 3.15. The molecule has 2 saturated heterocycles. The van der Waals surface area contributed by atoms with E-state index in [0.717, 1.165) is 0 Å². The molecule has 0 aliphatic carbocycles. The Kier molecular flexibility index (Phi) is 7.88. The Morgan fingerprint density at radius 2 is 1.48 bits per heavy atom. The standard InChI is InChI=1S/C15H27NO11/c1-5(19)16-8-11(22)9(20)6(3-17)25-14(8)27-13-10(21)7(4-18)26-15(24-2)12(13)23/h6-15,17-18,20-23H,3-4H2,1-2H3,(H,16,19)/t6-,7-,8-,9+,10+,11-,12-,13+,14+,15-/m1/s1. The molecule has 0 radical (unpaired) electrons. The summed E-state index contributed by atoms with van der Waals surface area (Å²) in [5.41, 5.74) is 0. The predicted molar refractivity (Wildman–Crippen MR) is 85.0 cm³/mol. The molecule has 0 aromatic heterocycles. The van der Waals surface area contributed by atoms with Crippen molar-refractivity contribution in [1.82, 2.24) is 5.32 Å². The third-order valence-corrected chi connectivity index (χ3v) is 4.60. The number of hydrogen-bond donors (Lipinski definition) is 7. The van der Waals surface area contributed by atoms with Crippen LogP contribution in [0.15, 0.2) is 0 Å². The number of amides is 1. The zero-order valence-electron chi connectivity index (χ0n) is 14.9. The van der Waals surface area contributed by atoms with Crippen molar-refractivity contribution in [1.29, 1.82) is 0 Å². The van der Waals surface area contributed by atoms with Crippen LogP contribution < -0.4 is 5.32 Å². The van der Waals surface area contributed by atoms with Crippen molar-refractivity contribution in [3.8, 4) is 0 Å². The van der Waals surface area contributed by atoms with E-state index < -0.39 is 80.5 Å². The second-order valence-corrected chi connectivity index (χ2v) is 6.48. The van der Waals surface area contributed by atoms with Crippen molar-refractivity contribution < 1.29 is 54.4 Å². The largest absolute Gasteiger partial charge is 0.394 e. The van der Waals surface area contributed by atoms with Crippen LogP contribution >= 0.6 is 0 Å². The number of aliphatic hydroxyl groups is 6. The van der Waals surface area contributed by atoms with Gasteiger partial charge in [-0.2, -0.15) is 0 Å². The van der Waals surface area contributed by atoms with E-state index in [9.17, 15) is 35.4 Å². The molecule has 7 N–H and O–H groups in total. The van der Waals surface area contributed by atoms with Crippen LogP contribution in [0.3, 0.4) is 0 Å². The van der Waals surface area contributed by atoms with Crippen molar-refractivity contribution in [2.24, 2.45) is 0 Å². The lowest BCUT2D eigenvalue weighted by Gasteiger charge is -2.46. The predicted octanol–water partition coefficient (Wildman–Crippen LogP) is -4.60. The van der Waals surface area contributed by atoms with Crippen LogP contribution in [0.1, 0.15) is 6.92 Å². The smallest absolute Gasteiger partial charge is 0.217 e. The van der Waals surface area contributed by atoms with Gasteiger partial charge in [0, 0.05) is 14.0 Å². The van der Waals surface area contributed by atoms with Gasteiger partial charge in [-0.15, -0.1) is 0 Å².